The molecule has 0 aromatic heterocycles. The van der Waals surface area contributed by atoms with Gasteiger partial charge in [-0.2, -0.15) is 0 Å². The fourth-order valence-electron chi connectivity index (χ4n) is 6.30. The van der Waals surface area contributed by atoms with Crippen molar-refractivity contribution in [2.75, 3.05) is 6.61 Å². The van der Waals surface area contributed by atoms with Crippen molar-refractivity contribution < 1.29 is 15.0 Å². The number of nitrogens with one attached hydrogen (secondary N) is 1. The van der Waals surface area contributed by atoms with E-state index in [2.05, 4.69) is 67.8 Å². The third-order valence-electron chi connectivity index (χ3n) is 9.70. The minimum Gasteiger partial charge on any atom is -0.394 e. The van der Waals surface area contributed by atoms with Crippen LogP contribution in [0.4, 0.5) is 0 Å². The van der Waals surface area contributed by atoms with Gasteiger partial charge in [-0.3, -0.25) is 4.79 Å². The first-order valence-electron chi connectivity index (χ1n) is 22.0. The van der Waals surface area contributed by atoms with Crippen LogP contribution < -0.4 is 5.32 Å². The summed E-state index contributed by atoms with van der Waals surface area (Å²) in [6, 6.07) is -0.651. The third kappa shape index (κ3) is 39.1. The summed E-state index contributed by atoms with van der Waals surface area (Å²) in [5, 5.41) is 23.0. The van der Waals surface area contributed by atoms with E-state index in [1.54, 1.807) is 6.08 Å². The average Bonchev–Trinajstić information content (AvgIpc) is 3.13. The Bertz CT molecular complexity index is 858. The highest BCUT2D eigenvalue weighted by Crippen LogP contribution is 2.13. The molecule has 0 rings (SSSR count). The first-order valence-corrected chi connectivity index (χ1v) is 22.0. The molecular weight excluding hydrogens is 627 g/mol. The molecule has 0 aromatic rings. The van der Waals surface area contributed by atoms with Crippen LogP contribution in [0.25, 0.3) is 0 Å². The molecule has 0 spiro atoms. The molecule has 0 radical (unpaired) electrons. The Balaban J connectivity index is 3.67. The molecule has 0 aliphatic heterocycles. The fourth-order valence-corrected chi connectivity index (χ4v) is 6.30. The molecule has 2 unspecified atom stereocenters. The highest BCUT2D eigenvalue weighted by atomic mass is 16.3. The molecule has 0 aliphatic rings. The molecule has 1 amide bonds. The molecule has 0 aliphatic carbocycles. The number of aliphatic hydroxyl groups is 2. The molecule has 3 N–H and O–H groups in total. The molecule has 0 saturated carbocycles. The van der Waals surface area contributed by atoms with Gasteiger partial charge in [0.05, 0.1) is 18.8 Å². The number of carbonyl (C=O) groups is 1. The molecule has 0 heterocycles. The summed E-state index contributed by atoms with van der Waals surface area (Å²) in [5.74, 6) is -0.0878. The van der Waals surface area contributed by atoms with Gasteiger partial charge in [-0.15, -0.1) is 0 Å². The highest BCUT2D eigenvalue weighted by molar-refractivity contribution is 5.76. The van der Waals surface area contributed by atoms with Crippen molar-refractivity contribution in [3.05, 3.63) is 60.8 Å². The Morgan fingerprint density at radius 2 is 0.824 bits per heavy atom. The van der Waals surface area contributed by atoms with Gasteiger partial charge in [0.15, 0.2) is 0 Å². The van der Waals surface area contributed by atoms with E-state index in [1.807, 2.05) is 6.08 Å². The summed E-state index contributed by atoms with van der Waals surface area (Å²) in [4.78, 5) is 12.4. The van der Waals surface area contributed by atoms with Crippen LogP contribution in [0.15, 0.2) is 60.8 Å². The van der Waals surface area contributed by atoms with Crippen LogP contribution >= 0.6 is 0 Å². The zero-order chi connectivity index (χ0) is 37.1. The Labute approximate surface area is 317 Å². The van der Waals surface area contributed by atoms with Crippen LogP contribution in [0.2, 0.25) is 0 Å². The van der Waals surface area contributed by atoms with Crippen molar-refractivity contribution in [3.8, 4) is 0 Å². The van der Waals surface area contributed by atoms with Gasteiger partial charge >= 0.3 is 0 Å². The van der Waals surface area contributed by atoms with Crippen LogP contribution in [-0.4, -0.2) is 34.9 Å². The molecule has 0 saturated heterocycles. The minimum absolute atomic E-state index is 0.0878. The number of allylic oxidation sites excluding steroid dienone is 9. The third-order valence-corrected chi connectivity index (χ3v) is 9.70. The summed E-state index contributed by atoms with van der Waals surface area (Å²) in [6.45, 7) is 4.26. The second kappa shape index (κ2) is 42.5. The first kappa shape index (κ1) is 49.1. The molecule has 2 atom stereocenters. The van der Waals surface area contributed by atoms with Crippen LogP contribution in [0.5, 0.6) is 0 Å². The number of aliphatic hydroxyl groups excluding tert-OH is 2. The van der Waals surface area contributed by atoms with E-state index < -0.39 is 12.1 Å². The topological polar surface area (TPSA) is 69.6 Å². The molecule has 4 nitrogen and oxygen atoms in total. The lowest BCUT2D eigenvalue weighted by Crippen LogP contribution is -2.45. The first-order chi connectivity index (χ1) is 25.2. The standard InChI is InChI=1S/C47H85NO3/c1-3-5-7-9-11-13-15-17-19-21-22-23-24-25-27-28-30-32-34-36-38-40-42-46(50)45(44-49)48-47(51)43-41-39-37-35-33-31-29-26-20-18-16-14-12-10-8-6-4-2/h12,14,18,20,25,27,32,34,40,42,45-46,49-50H,3-11,13,15-17,19,21-24,26,28-31,33,35-39,41,43-44H2,1-2H3,(H,48,51)/b14-12-,20-18-,27-25+,34-32+,42-40+. The van der Waals surface area contributed by atoms with Crippen LogP contribution in [0, 0.1) is 0 Å². The molecule has 4 heteroatoms. The maximum atomic E-state index is 12.4. The predicted molar refractivity (Wildman–Crippen MR) is 225 cm³/mol. The highest BCUT2D eigenvalue weighted by Gasteiger charge is 2.17. The van der Waals surface area contributed by atoms with E-state index in [4.69, 9.17) is 0 Å². The number of unbranched alkanes of at least 4 members (excludes halogenated alkanes) is 24. The van der Waals surface area contributed by atoms with Gasteiger partial charge in [0, 0.05) is 6.42 Å². The Hall–Kier alpha value is -1.91. The number of carbonyl (C=O) groups excluding carboxylic acids is 1. The maximum absolute atomic E-state index is 12.4. The van der Waals surface area contributed by atoms with Crippen LogP contribution in [0.1, 0.15) is 213 Å². The summed E-state index contributed by atoms with van der Waals surface area (Å²) in [7, 11) is 0. The Kier molecular flexibility index (Phi) is 40.9. The van der Waals surface area contributed by atoms with E-state index in [-0.39, 0.29) is 12.5 Å². The SMILES string of the molecule is CCCCC/C=C\C/C=C\CCCCCCCCCC(=O)NC(CO)C(O)/C=C/CC/C=C/CC/C=C/CCCCCCCCCCCCCC. The van der Waals surface area contributed by atoms with Crippen LogP contribution in [-0.2, 0) is 4.79 Å². The van der Waals surface area contributed by atoms with Crippen molar-refractivity contribution in [1.82, 2.24) is 5.32 Å². The van der Waals surface area contributed by atoms with E-state index >= 15 is 0 Å². The Morgan fingerprint density at radius 1 is 0.471 bits per heavy atom. The van der Waals surface area contributed by atoms with Gasteiger partial charge in [0.1, 0.15) is 0 Å². The number of amides is 1. The lowest BCUT2D eigenvalue weighted by molar-refractivity contribution is -0.123. The van der Waals surface area contributed by atoms with Crippen molar-refractivity contribution in [2.24, 2.45) is 0 Å². The van der Waals surface area contributed by atoms with E-state index in [9.17, 15) is 15.0 Å². The maximum Gasteiger partial charge on any atom is 0.220 e. The lowest BCUT2D eigenvalue weighted by atomic mass is 10.0. The zero-order valence-corrected chi connectivity index (χ0v) is 33.9. The summed E-state index contributed by atoms with van der Waals surface area (Å²) in [5.41, 5.74) is 0. The van der Waals surface area contributed by atoms with Gasteiger partial charge < -0.3 is 15.5 Å². The summed E-state index contributed by atoms with van der Waals surface area (Å²) >= 11 is 0. The molecule has 51 heavy (non-hydrogen) atoms. The second-order valence-corrected chi connectivity index (χ2v) is 14.7. The summed E-state index contributed by atoms with van der Waals surface area (Å²) < 4.78 is 0. The fraction of sp³-hybridized carbons (Fsp3) is 0.766. The molecule has 0 fully saturated rings. The predicted octanol–water partition coefficient (Wildman–Crippen LogP) is 13.7. The normalized spacial score (nSPS) is 13.6. The van der Waals surface area contributed by atoms with E-state index in [0.717, 1.165) is 51.4 Å². The van der Waals surface area contributed by atoms with Gasteiger partial charge in [-0.1, -0.05) is 190 Å². The zero-order valence-electron chi connectivity index (χ0n) is 33.9. The van der Waals surface area contributed by atoms with Crippen molar-refractivity contribution in [3.63, 3.8) is 0 Å². The molecule has 296 valence electrons. The largest absolute Gasteiger partial charge is 0.394 e. The van der Waals surface area contributed by atoms with Crippen molar-refractivity contribution in [2.45, 2.75) is 225 Å². The smallest absolute Gasteiger partial charge is 0.220 e. The molecule has 0 bridgehead atoms. The minimum atomic E-state index is -0.875. The van der Waals surface area contributed by atoms with Gasteiger partial charge in [0.25, 0.3) is 0 Å². The van der Waals surface area contributed by atoms with Gasteiger partial charge in [-0.25, -0.2) is 0 Å². The van der Waals surface area contributed by atoms with Gasteiger partial charge in [-0.05, 0) is 77.0 Å². The van der Waals surface area contributed by atoms with Gasteiger partial charge in [0.2, 0.25) is 5.91 Å². The average molecular weight is 712 g/mol. The number of hydrogen-bond acceptors (Lipinski definition) is 3. The number of hydrogen-bond donors (Lipinski definition) is 3. The second-order valence-electron chi connectivity index (χ2n) is 14.7. The quantitative estimate of drug-likeness (QED) is 0.0439. The molecular formula is C47H85NO3. The van der Waals surface area contributed by atoms with E-state index in [1.165, 1.54) is 141 Å². The van der Waals surface area contributed by atoms with E-state index in [0.29, 0.717) is 6.42 Å². The summed E-state index contributed by atoms with van der Waals surface area (Å²) in [6.07, 6.45) is 59.0. The molecule has 0 aromatic carbocycles. The Morgan fingerprint density at radius 3 is 1.29 bits per heavy atom. The lowest BCUT2D eigenvalue weighted by Gasteiger charge is -2.19. The van der Waals surface area contributed by atoms with Crippen molar-refractivity contribution in [1.29, 1.82) is 0 Å². The van der Waals surface area contributed by atoms with Crippen molar-refractivity contribution >= 4 is 5.91 Å². The monoisotopic (exact) mass is 712 g/mol. The number of rotatable bonds is 39. The van der Waals surface area contributed by atoms with Crippen LogP contribution in [0.3, 0.4) is 0 Å².